The molecular formula is C10H18N3O3S+. The van der Waals surface area contributed by atoms with Crippen molar-refractivity contribution >= 4 is 17.7 Å². The van der Waals surface area contributed by atoms with Crippen LogP contribution in [0, 0.1) is 5.92 Å². The summed E-state index contributed by atoms with van der Waals surface area (Å²) in [6, 6.07) is -0.0283. The number of carbonyl (C=O) groups excluding carboxylic acids is 1. The lowest BCUT2D eigenvalue weighted by molar-refractivity contribution is -0.443. The fourth-order valence-electron chi connectivity index (χ4n) is 1.04. The first kappa shape index (κ1) is 14.0. The summed E-state index contributed by atoms with van der Waals surface area (Å²) >= 11 is 1.18. The van der Waals surface area contributed by atoms with Crippen molar-refractivity contribution in [1.82, 2.24) is 10.2 Å². The van der Waals surface area contributed by atoms with Crippen molar-refractivity contribution < 1.29 is 19.7 Å². The van der Waals surface area contributed by atoms with Gasteiger partial charge in [-0.05, 0) is 6.92 Å². The van der Waals surface area contributed by atoms with Gasteiger partial charge < -0.3 is 14.9 Å². The molecule has 0 aliphatic carbocycles. The average Bonchev–Trinajstić information content (AvgIpc) is 2.74. The van der Waals surface area contributed by atoms with Crippen LogP contribution in [-0.2, 0) is 9.53 Å². The minimum atomic E-state index is -0.285. The summed E-state index contributed by atoms with van der Waals surface area (Å²) in [4.78, 5) is 11.1. The number of aromatic nitrogens is 2. The number of ether oxygens (including phenoxy) is 1. The van der Waals surface area contributed by atoms with Gasteiger partial charge >= 0.3 is 5.97 Å². The molecule has 1 heterocycles. The maximum atomic E-state index is 11.1. The third kappa shape index (κ3) is 4.35. The number of thioether (sulfide) groups is 1. The van der Waals surface area contributed by atoms with Gasteiger partial charge in [-0.15, -0.1) is 10.2 Å². The third-order valence-electron chi connectivity index (χ3n) is 2.16. The molecule has 0 bridgehead atoms. The van der Waals surface area contributed by atoms with Crippen LogP contribution in [-0.4, -0.2) is 28.5 Å². The second kappa shape index (κ2) is 6.61. The maximum Gasteiger partial charge on any atom is 0.316 e. The molecule has 0 aromatic carbocycles. The van der Waals surface area contributed by atoms with Crippen LogP contribution in [0.1, 0.15) is 32.7 Å². The molecule has 6 nitrogen and oxygen atoms in total. The van der Waals surface area contributed by atoms with Crippen LogP contribution in [0.2, 0.25) is 0 Å². The Morgan fingerprint density at radius 2 is 2.24 bits per heavy atom. The molecular weight excluding hydrogens is 242 g/mol. The minimum Gasteiger partial charge on any atom is -0.465 e. The molecule has 96 valence electrons. The number of hydrogen-bond donors (Lipinski definition) is 1. The number of quaternary nitrogens is 1. The molecule has 0 fully saturated rings. The zero-order valence-corrected chi connectivity index (χ0v) is 11.1. The Labute approximate surface area is 104 Å². The zero-order chi connectivity index (χ0) is 12.8. The van der Waals surface area contributed by atoms with Gasteiger partial charge in [0.1, 0.15) is 5.75 Å². The van der Waals surface area contributed by atoms with Gasteiger partial charge in [-0.3, -0.25) is 4.79 Å². The largest absolute Gasteiger partial charge is 0.465 e. The van der Waals surface area contributed by atoms with E-state index in [1.165, 1.54) is 11.8 Å². The minimum absolute atomic E-state index is 0.0283. The summed E-state index contributed by atoms with van der Waals surface area (Å²) in [5.74, 6) is 0.732. The molecule has 1 aromatic heterocycles. The van der Waals surface area contributed by atoms with Gasteiger partial charge in [-0.1, -0.05) is 25.6 Å². The summed E-state index contributed by atoms with van der Waals surface area (Å²) in [6.07, 6.45) is 0. The van der Waals surface area contributed by atoms with Gasteiger partial charge in [-0.2, -0.15) is 0 Å². The Bertz CT molecular complexity index is 367. The van der Waals surface area contributed by atoms with Crippen molar-refractivity contribution in [3.63, 3.8) is 0 Å². The summed E-state index contributed by atoms with van der Waals surface area (Å²) in [5, 5.41) is 8.14. The molecule has 0 amide bonds. The third-order valence-corrected chi connectivity index (χ3v) is 2.95. The van der Waals surface area contributed by atoms with E-state index in [0.717, 1.165) is 0 Å². The number of carbonyl (C=O) groups is 1. The highest BCUT2D eigenvalue weighted by atomic mass is 32.2. The van der Waals surface area contributed by atoms with Gasteiger partial charge in [0.05, 0.1) is 6.61 Å². The summed E-state index contributed by atoms with van der Waals surface area (Å²) in [6.45, 7) is 6.22. The predicted octanol–water partition coefficient (Wildman–Crippen LogP) is 0.664. The van der Waals surface area contributed by atoms with Crippen molar-refractivity contribution in [3.05, 3.63) is 5.89 Å². The molecule has 0 aliphatic rings. The normalized spacial score (nSPS) is 12.8. The van der Waals surface area contributed by atoms with Crippen molar-refractivity contribution in [2.24, 2.45) is 5.92 Å². The fourth-order valence-corrected chi connectivity index (χ4v) is 1.60. The second-order valence-electron chi connectivity index (χ2n) is 3.85. The lowest BCUT2D eigenvalue weighted by Gasteiger charge is -2.05. The topological polar surface area (TPSA) is 92.9 Å². The number of nitrogens with zero attached hydrogens (tertiary/aromatic N) is 2. The molecule has 1 rings (SSSR count). The summed E-state index contributed by atoms with van der Waals surface area (Å²) in [5.41, 5.74) is 3.95. The second-order valence-corrected chi connectivity index (χ2v) is 4.78. The van der Waals surface area contributed by atoms with Gasteiger partial charge in [-0.25, -0.2) is 0 Å². The molecule has 1 aromatic rings. The first-order valence-electron chi connectivity index (χ1n) is 5.49. The standard InChI is InChI=1S/C10H17N3O3S/c1-4-15-7(14)5-17-10-13-12-9(16-10)8(11)6(2)3/h6,8H,4-5,11H2,1-3H3/p+1/t8-/m0/s1. The molecule has 0 unspecified atom stereocenters. The van der Waals surface area contributed by atoms with E-state index < -0.39 is 0 Å². The van der Waals surface area contributed by atoms with E-state index in [1.807, 2.05) is 13.8 Å². The molecule has 0 aliphatic heterocycles. The zero-order valence-electron chi connectivity index (χ0n) is 10.3. The van der Waals surface area contributed by atoms with E-state index in [4.69, 9.17) is 9.15 Å². The SMILES string of the molecule is CCOC(=O)CSc1nnc([C@@H]([NH3+])C(C)C)o1. The van der Waals surface area contributed by atoms with E-state index in [9.17, 15) is 4.79 Å². The van der Waals surface area contributed by atoms with Gasteiger partial charge in [0.25, 0.3) is 11.1 Å². The van der Waals surface area contributed by atoms with E-state index in [-0.39, 0.29) is 17.8 Å². The molecule has 0 radical (unpaired) electrons. The molecule has 17 heavy (non-hydrogen) atoms. The maximum absolute atomic E-state index is 11.1. The fraction of sp³-hybridized carbons (Fsp3) is 0.700. The first-order chi connectivity index (χ1) is 8.04. The highest BCUT2D eigenvalue weighted by Gasteiger charge is 2.21. The highest BCUT2D eigenvalue weighted by Crippen LogP contribution is 2.21. The van der Waals surface area contributed by atoms with Crippen LogP contribution < -0.4 is 5.73 Å². The highest BCUT2D eigenvalue weighted by molar-refractivity contribution is 7.99. The molecule has 0 saturated heterocycles. The molecule has 3 N–H and O–H groups in total. The quantitative estimate of drug-likeness (QED) is 0.596. The van der Waals surface area contributed by atoms with E-state index in [0.29, 0.717) is 23.6 Å². The Morgan fingerprint density at radius 3 is 2.82 bits per heavy atom. The number of esters is 1. The van der Waals surface area contributed by atoms with Crippen LogP contribution in [0.4, 0.5) is 0 Å². The number of hydrogen-bond acceptors (Lipinski definition) is 6. The Kier molecular flexibility index (Phi) is 5.43. The Balaban J connectivity index is 2.48. The summed E-state index contributed by atoms with van der Waals surface area (Å²) in [7, 11) is 0. The molecule has 7 heteroatoms. The van der Waals surface area contributed by atoms with Crippen molar-refractivity contribution in [3.8, 4) is 0 Å². The van der Waals surface area contributed by atoms with Crippen LogP contribution in [0.5, 0.6) is 0 Å². The van der Waals surface area contributed by atoms with Crippen LogP contribution in [0.25, 0.3) is 0 Å². The van der Waals surface area contributed by atoms with Crippen molar-refractivity contribution in [1.29, 1.82) is 0 Å². The van der Waals surface area contributed by atoms with E-state index >= 15 is 0 Å². The molecule has 0 spiro atoms. The molecule has 1 atom stereocenters. The van der Waals surface area contributed by atoms with Crippen molar-refractivity contribution in [2.75, 3.05) is 12.4 Å². The Morgan fingerprint density at radius 1 is 1.53 bits per heavy atom. The van der Waals surface area contributed by atoms with Crippen molar-refractivity contribution in [2.45, 2.75) is 32.0 Å². The van der Waals surface area contributed by atoms with E-state index in [1.54, 1.807) is 6.92 Å². The number of rotatable bonds is 6. The molecule has 0 saturated carbocycles. The summed E-state index contributed by atoms with van der Waals surface area (Å²) < 4.78 is 10.2. The first-order valence-corrected chi connectivity index (χ1v) is 6.48. The predicted molar refractivity (Wildman–Crippen MR) is 62.1 cm³/mol. The van der Waals surface area contributed by atoms with Crippen LogP contribution in [0.3, 0.4) is 0 Å². The average molecular weight is 260 g/mol. The lowest BCUT2D eigenvalue weighted by atomic mass is 10.1. The lowest BCUT2D eigenvalue weighted by Crippen LogP contribution is -2.56. The van der Waals surface area contributed by atoms with Gasteiger partial charge in [0.15, 0.2) is 6.04 Å². The van der Waals surface area contributed by atoms with Crippen LogP contribution >= 0.6 is 11.8 Å². The van der Waals surface area contributed by atoms with Crippen LogP contribution in [0.15, 0.2) is 9.64 Å². The van der Waals surface area contributed by atoms with E-state index in [2.05, 4.69) is 15.9 Å². The smallest absolute Gasteiger partial charge is 0.316 e. The van der Waals surface area contributed by atoms with Gasteiger partial charge in [0, 0.05) is 5.92 Å². The Hall–Kier alpha value is -1.08. The van der Waals surface area contributed by atoms with Gasteiger partial charge in [0.2, 0.25) is 0 Å². The monoisotopic (exact) mass is 260 g/mol.